The third-order valence-corrected chi connectivity index (χ3v) is 7.04. The zero-order valence-corrected chi connectivity index (χ0v) is 16.1. The summed E-state index contributed by atoms with van der Waals surface area (Å²) in [7, 11) is 0. The first-order valence-corrected chi connectivity index (χ1v) is 10.3. The van der Waals surface area contributed by atoms with Crippen molar-refractivity contribution in [1.29, 1.82) is 0 Å². The Kier molecular flexibility index (Phi) is 5.19. The predicted octanol–water partition coefficient (Wildman–Crippen LogP) is 6.04. The van der Waals surface area contributed by atoms with Crippen LogP contribution in [0.3, 0.4) is 0 Å². The summed E-state index contributed by atoms with van der Waals surface area (Å²) in [6.45, 7) is 0. The zero-order chi connectivity index (χ0) is 18.5. The lowest BCUT2D eigenvalue weighted by molar-refractivity contribution is 0.111. The fourth-order valence-corrected chi connectivity index (χ4v) is 5.66. The number of hydrogen-bond donors (Lipinski definition) is 0. The Hall–Kier alpha value is -2.69. The number of thiazole rings is 1. The minimum atomic E-state index is -0.478. The highest BCUT2D eigenvalue weighted by Crippen LogP contribution is 2.52. The van der Waals surface area contributed by atoms with E-state index in [2.05, 4.69) is 77.8 Å². The van der Waals surface area contributed by atoms with Crippen LogP contribution in [0.5, 0.6) is 0 Å². The molecule has 1 aromatic heterocycles. The molecule has 4 aromatic rings. The van der Waals surface area contributed by atoms with E-state index in [0.717, 1.165) is 27.2 Å². The Morgan fingerprint density at radius 2 is 1.19 bits per heavy atom. The summed E-state index contributed by atoms with van der Waals surface area (Å²) >= 11 is 3.18. The Labute approximate surface area is 166 Å². The van der Waals surface area contributed by atoms with Gasteiger partial charge < -0.3 is 0 Å². The molecular formula is C23H17NOS2. The molecule has 0 aliphatic rings. The second kappa shape index (κ2) is 7.91. The summed E-state index contributed by atoms with van der Waals surface area (Å²) in [4.78, 5) is 15.7. The lowest BCUT2D eigenvalue weighted by Gasteiger charge is -2.35. The van der Waals surface area contributed by atoms with E-state index in [4.69, 9.17) is 0 Å². The fraction of sp³-hybridized carbons (Fsp3) is 0.0435. The number of carbonyl (C=O) groups excluding carboxylic acids is 1. The first kappa shape index (κ1) is 17.7. The van der Waals surface area contributed by atoms with Gasteiger partial charge in [-0.1, -0.05) is 103 Å². The molecule has 4 heteroatoms. The molecule has 0 radical (unpaired) electrons. The van der Waals surface area contributed by atoms with Gasteiger partial charge in [-0.25, -0.2) is 4.98 Å². The zero-order valence-electron chi connectivity index (χ0n) is 14.5. The molecule has 0 amide bonds. The highest BCUT2D eigenvalue weighted by Gasteiger charge is 2.38. The summed E-state index contributed by atoms with van der Waals surface area (Å²) in [6.07, 6.45) is 0.838. The van der Waals surface area contributed by atoms with Gasteiger partial charge in [-0.2, -0.15) is 0 Å². The molecule has 0 fully saturated rings. The molecule has 27 heavy (non-hydrogen) atoms. The van der Waals surface area contributed by atoms with Crippen LogP contribution in [0, 0.1) is 0 Å². The molecule has 0 unspecified atom stereocenters. The Morgan fingerprint density at radius 1 is 0.741 bits per heavy atom. The van der Waals surface area contributed by atoms with Gasteiger partial charge in [0.1, 0.15) is 5.69 Å². The molecule has 1 heterocycles. The van der Waals surface area contributed by atoms with Crippen molar-refractivity contribution in [3.63, 3.8) is 0 Å². The predicted molar refractivity (Wildman–Crippen MR) is 113 cm³/mol. The van der Waals surface area contributed by atoms with Crippen LogP contribution in [0.25, 0.3) is 0 Å². The number of nitrogens with zero attached hydrogens (tertiary/aromatic N) is 1. The van der Waals surface area contributed by atoms with Crippen molar-refractivity contribution >= 4 is 29.4 Å². The average Bonchev–Trinajstić information content (AvgIpc) is 3.21. The van der Waals surface area contributed by atoms with Gasteiger partial charge in [-0.3, -0.25) is 4.79 Å². The quantitative estimate of drug-likeness (QED) is 0.229. The number of hydrogen-bond acceptors (Lipinski definition) is 4. The first-order chi connectivity index (χ1) is 13.3. The molecule has 4 rings (SSSR count). The largest absolute Gasteiger partial charge is 0.296 e. The lowest BCUT2D eigenvalue weighted by atomic mass is 9.84. The number of aldehydes is 1. The maximum Gasteiger partial charge on any atom is 0.170 e. The van der Waals surface area contributed by atoms with Crippen molar-refractivity contribution in [3.05, 3.63) is 119 Å². The van der Waals surface area contributed by atoms with Crippen LogP contribution in [0.2, 0.25) is 0 Å². The van der Waals surface area contributed by atoms with Crippen LogP contribution >= 0.6 is 23.1 Å². The van der Waals surface area contributed by atoms with E-state index in [1.807, 2.05) is 18.2 Å². The maximum absolute atomic E-state index is 11.5. The summed E-state index contributed by atoms with van der Waals surface area (Å²) in [5.41, 5.74) is 5.72. The van der Waals surface area contributed by atoms with E-state index in [0.29, 0.717) is 5.69 Å². The van der Waals surface area contributed by atoms with Gasteiger partial charge in [-0.15, -0.1) is 11.3 Å². The minimum absolute atomic E-state index is 0.478. The van der Waals surface area contributed by atoms with Crippen LogP contribution in [0.15, 0.2) is 101 Å². The van der Waals surface area contributed by atoms with Crippen LogP contribution in [0.1, 0.15) is 27.2 Å². The minimum Gasteiger partial charge on any atom is -0.296 e. The molecule has 0 spiro atoms. The normalized spacial score (nSPS) is 11.3. The van der Waals surface area contributed by atoms with E-state index in [9.17, 15) is 4.79 Å². The van der Waals surface area contributed by atoms with Crippen LogP contribution < -0.4 is 0 Å². The van der Waals surface area contributed by atoms with E-state index >= 15 is 0 Å². The second-order valence-corrected chi connectivity index (χ2v) is 8.36. The number of rotatable bonds is 6. The van der Waals surface area contributed by atoms with Gasteiger partial charge in [0.25, 0.3) is 0 Å². The van der Waals surface area contributed by atoms with Gasteiger partial charge in [0.2, 0.25) is 0 Å². The van der Waals surface area contributed by atoms with Gasteiger partial charge in [0.15, 0.2) is 6.29 Å². The van der Waals surface area contributed by atoms with E-state index in [-0.39, 0.29) is 0 Å². The summed E-state index contributed by atoms with van der Waals surface area (Å²) < 4.78 is 0.440. The van der Waals surface area contributed by atoms with Gasteiger partial charge in [0, 0.05) is 0 Å². The van der Waals surface area contributed by atoms with Crippen molar-refractivity contribution in [1.82, 2.24) is 4.98 Å². The van der Waals surface area contributed by atoms with E-state index in [1.54, 1.807) is 17.3 Å². The summed E-state index contributed by atoms with van der Waals surface area (Å²) in [5, 5.41) is 0. The molecule has 3 aromatic carbocycles. The van der Waals surface area contributed by atoms with Crippen LogP contribution in [-0.2, 0) is 4.75 Å². The van der Waals surface area contributed by atoms with E-state index < -0.39 is 4.75 Å². The Morgan fingerprint density at radius 3 is 1.59 bits per heavy atom. The smallest absolute Gasteiger partial charge is 0.170 e. The third-order valence-electron chi connectivity index (χ3n) is 4.46. The molecule has 0 saturated carbocycles. The summed E-state index contributed by atoms with van der Waals surface area (Å²) in [5.74, 6) is 0. The molecule has 132 valence electrons. The number of thioether (sulfide) groups is 1. The summed E-state index contributed by atoms with van der Waals surface area (Å²) in [6, 6.07) is 31.3. The average molecular weight is 388 g/mol. The van der Waals surface area contributed by atoms with Crippen molar-refractivity contribution in [2.24, 2.45) is 0 Å². The van der Waals surface area contributed by atoms with Gasteiger partial charge in [-0.05, 0) is 16.7 Å². The van der Waals surface area contributed by atoms with Crippen LogP contribution in [-0.4, -0.2) is 11.3 Å². The highest BCUT2D eigenvalue weighted by molar-refractivity contribution is 8.02. The monoisotopic (exact) mass is 387 g/mol. The van der Waals surface area contributed by atoms with Crippen molar-refractivity contribution in [2.45, 2.75) is 8.96 Å². The second-order valence-electron chi connectivity index (χ2n) is 6.02. The Bertz CT molecular complexity index is 917. The topological polar surface area (TPSA) is 30.0 Å². The standard InChI is InChI=1S/C23H17NOS2/c25-16-21-22(26-17-24-21)27-23(18-10-4-1-5-11-18,19-12-6-2-7-13-19)20-14-8-3-9-15-20/h1-17H. The number of carbonyl (C=O) groups is 1. The Balaban J connectivity index is 2.02. The van der Waals surface area contributed by atoms with Gasteiger partial charge >= 0.3 is 0 Å². The van der Waals surface area contributed by atoms with Crippen molar-refractivity contribution in [2.75, 3.05) is 0 Å². The van der Waals surface area contributed by atoms with Crippen LogP contribution in [0.4, 0.5) is 0 Å². The molecule has 0 aliphatic carbocycles. The highest BCUT2D eigenvalue weighted by atomic mass is 32.2. The molecule has 0 atom stereocenters. The number of benzene rings is 3. The third kappa shape index (κ3) is 3.34. The SMILES string of the molecule is O=Cc1ncsc1SC(c1ccccc1)(c1ccccc1)c1ccccc1. The van der Waals surface area contributed by atoms with Crippen molar-refractivity contribution in [3.8, 4) is 0 Å². The molecule has 0 saturated heterocycles. The molecule has 0 bridgehead atoms. The first-order valence-electron chi connectivity index (χ1n) is 8.59. The fourth-order valence-electron chi connectivity index (χ4n) is 3.23. The van der Waals surface area contributed by atoms with Gasteiger partial charge in [0.05, 0.1) is 14.5 Å². The maximum atomic E-state index is 11.5. The lowest BCUT2D eigenvalue weighted by Crippen LogP contribution is -2.25. The molecule has 0 N–H and O–H groups in total. The molecule has 0 aliphatic heterocycles. The van der Waals surface area contributed by atoms with E-state index in [1.165, 1.54) is 11.3 Å². The number of aromatic nitrogens is 1. The van der Waals surface area contributed by atoms with Crippen molar-refractivity contribution < 1.29 is 4.79 Å². The molecule has 2 nitrogen and oxygen atoms in total. The molecular weight excluding hydrogens is 370 g/mol.